The number of esters is 1. The number of benzene rings is 1. The van der Waals surface area contributed by atoms with E-state index in [-0.39, 0.29) is 6.29 Å². The molecule has 0 unspecified atom stereocenters. The number of carbonyl (C=O) groups is 2. The Balaban J connectivity index is 3.47. The Labute approximate surface area is 82.5 Å². The standard InChI is InChI=1S/C9H5F3O3/c1-15-9(14)4-2-6(10)5(3-13)8(12)7(4)11/h2-3H,1H3. The fourth-order valence-electron chi connectivity index (χ4n) is 0.976. The summed E-state index contributed by atoms with van der Waals surface area (Å²) in [6.07, 6.45) is -0.172. The minimum absolute atomic E-state index is 0.172. The average Bonchev–Trinajstić information content (AvgIpc) is 2.23. The van der Waals surface area contributed by atoms with Gasteiger partial charge in [0.05, 0.1) is 12.7 Å². The van der Waals surface area contributed by atoms with Crippen LogP contribution in [0.5, 0.6) is 0 Å². The topological polar surface area (TPSA) is 43.4 Å². The highest BCUT2D eigenvalue weighted by molar-refractivity contribution is 5.90. The number of ether oxygens (including phenoxy) is 1. The third-order valence-electron chi connectivity index (χ3n) is 1.72. The van der Waals surface area contributed by atoms with E-state index in [9.17, 15) is 22.8 Å². The third kappa shape index (κ3) is 1.83. The summed E-state index contributed by atoms with van der Waals surface area (Å²) in [5, 5.41) is 0. The Hall–Kier alpha value is -1.85. The summed E-state index contributed by atoms with van der Waals surface area (Å²) in [4.78, 5) is 21.0. The van der Waals surface area contributed by atoms with Crippen LogP contribution >= 0.6 is 0 Å². The Bertz CT molecular complexity index is 429. The molecule has 0 spiro atoms. The molecular formula is C9H5F3O3. The van der Waals surface area contributed by atoms with Crippen molar-refractivity contribution in [2.75, 3.05) is 7.11 Å². The van der Waals surface area contributed by atoms with Crippen LogP contribution in [0, 0.1) is 17.5 Å². The van der Waals surface area contributed by atoms with Crippen molar-refractivity contribution in [1.82, 2.24) is 0 Å². The predicted molar refractivity (Wildman–Crippen MR) is 43.0 cm³/mol. The zero-order valence-corrected chi connectivity index (χ0v) is 7.51. The number of hydrogen-bond donors (Lipinski definition) is 0. The molecule has 0 atom stereocenters. The van der Waals surface area contributed by atoms with Crippen molar-refractivity contribution in [3.8, 4) is 0 Å². The number of methoxy groups -OCH3 is 1. The molecule has 0 aliphatic carbocycles. The molecule has 0 aliphatic rings. The van der Waals surface area contributed by atoms with Gasteiger partial charge >= 0.3 is 5.97 Å². The van der Waals surface area contributed by atoms with Crippen LogP contribution in [-0.4, -0.2) is 19.4 Å². The lowest BCUT2D eigenvalue weighted by Gasteiger charge is -2.04. The monoisotopic (exact) mass is 218 g/mol. The summed E-state index contributed by atoms with van der Waals surface area (Å²) in [6.45, 7) is 0. The van der Waals surface area contributed by atoms with Gasteiger partial charge in [-0.1, -0.05) is 0 Å². The maximum atomic E-state index is 13.1. The lowest BCUT2D eigenvalue weighted by Crippen LogP contribution is -2.09. The van der Waals surface area contributed by atoms with E-state index in [1.165, 1.54) is 0 Å². The highest BCUT2D eigenvalue weighted by atomic mass is 19.2. The first kappa shape index (κ1) is 11.2. The first-order chi connectivity index (χ1) is 7.02. The van der Waals surface area contributed by atoms with Crippen molar-refractivity contribution in [3.05, 3.63) is 34.6 Å². The third-order valence-corrected chi connectivity index (χ3v) is 1.72. The van der Waals surface area contributed by atoms with Gasteiger partial charge in [-0.05, 0) is 6.07 Å². The molecule has 0 amide bonds. The highest BCUT2D eigenvalue weighted by Crippen LogP contribution is 2.19. The van der Waals surface area contributed by atoms with Crippen LogP contribution in [-0.2, 0) is 4.74 Å². The predicted octanol–water partition coefficient (Wildman–Crippen LogP) is 1.70. The van der Waals surface area contributed by atoms with Crippen LogP contribution in [0.3, 0.4) is 0 Å². The average molecular weight is 218 g/mol. The van der Waals surface area contributed by atoms with E-state index in [4.69, 9.17) is 0 Å². The SMILES string of the molecule is COC(=O)c1cc(F)c(C=O)c(F)c1F. The van der Waals surface area contributed by atoms with E-state index >= 15 is 0 Å². The quantitative estimate of drug-likeness (QED) is 0.431. The maximum absolute atomic E-state index is 13.1. The van der Waals surface area contributed by atoms with Gasteiger partial charge in [0.25, 0.3) is 0 Å². The zero-order chi connectivity index (χ0) is 11.6. The minimum Gasteiger partial charge on any atom is -0.465 e. The molecule has 0 saturated carbocycles. The van der Waals surface area contributed by atoms with Gasteiger partial charge in [-0.15, -0.1) is 0 Å². The number of carbonyl (C=O) groups excluding carboxylic acids is 2. The normalized spacial score (nSPS) is 9.87. The molecule has 0 N–H and O–H groups in total. The molecule has 15 heavy (non-hydrogen) atoms. The van der Waals surface area contributed by atoms with E-state index in [1.54, 1.807) is 0 Å². The summed E-state index contributed by atoms with van der Waals surface area (Å²) >= 11 is 0. The van der Waals surface area contributed by atoms with E-state index in [2.05, 4.69) is 4.74 Å². The van der Waals surface area contributed by atoms with Crippen LogP contribution in [0.15, 0.2) is 6.07 Å². The van der Waals surface area contributed by atoms with Crippen LogP contribution in [0.2, 0.25) is 0 Å². The largest absolute Gasteiger partial charge is 0.465 e. The van der Waals surface area contributed by atoms with Gasteiger partial charge in [-0.25, -0.2) is 18.0 Å². The Morgan fingerprint density at radius 2 is 1.93 bits per heavy atom. The van der Waals surface area contributed by atoms with Crippen LogP contribution in [0.1, 0.15) is 20.7 Å². The molecule has 80 valence electrons. The van der Waals surface area contributed by atoms with Crippen LogP contribution in [0.4, 0.5) is 13.2 Å². The molecule has 0 aliphatic heterocycles. The van der Waals surface area contributed by atoms with Crippen molar-refractivity contribution in [2.24, 2.45) is 0 Å². The number of aldehydes is 1. The Morgan fingerprint density at radius 3 is 2.40 bits per heavy atom. The van der Waals surface area contributed by atoms with E-state index in [0.717, 1.165) is 7.11 Å². The lowest BCUT2D eigenvalue weighted by molar-refractivity contribution is 0.0593. The Kier molecular flexibility index (Phi) is 3.08. The fraction of sp³-hybridized carbons (Fsp3) is 0.111. The van der Waals surface area contributed by atoms with E-state index in [0.29, 0.717) is 6.07 Å². The number of hydrogen-bond acceptors (Lipinski definition) is 3. The first-order valence-corrected chi connectivity index (χ1v) is 3.74. The summed E-state index contributed by atoms with van der Waals surface area (Å²) < 4.78 is 43.1. The highest BCUT2D eigenvalue weighted by Gasteiger charge is 2.22. The van der Waals surface area contributed by atoms with Crippen molar-refractivity contribution >= 4 is 12.3 Å². The van der Waals surface area contributed by atoms with Gasteiger partial charge in [-0.2, -0.15) is 0 Å². The van der Waals surface area contributed by atoms with Crippen LogP contribution in [0.25, 0.3) is 0 Å². The molecular weight excluding hydrogens is 213 g/mol. The van der Waals surface area contributed by atoms with E-state index in [1.807, 2.05) is 0 Å². The van der Waals surface area contributed by atoms with Gasteiger partial charge in [0, 0.05) is 0 Å². The van der Waals surface area contributed by atoms with Crippen molar-refractivity contribution in [1.29, 1.82) is 0 Å². The van der Waals surface area contributed by atoms with E-state index < -0.39 is 34.5 Å². The van der Waals surface area contributed by atoms with Crippen LogP contribution < -0.4 is 0 Å². The van der Waals surface area contributed by atoms with Crippen molar-refractivity contribution < 1.29 is 27.5 Å². The summed E-state index contributed by atoms with van der Waals surface area (Å²) in [5.74, 6) is -5.84. The van der Waals surface area contributed by atoms with Crippen molar-refractivity contribution in [3.63, 3.8) is 0 Å². The van der Waals surface area contributed by atoms with Gasteiger partial charge < -0.3 is 4.74 Å². The molecule has 1 rings (SSSR count). The fourth-order valence-corrected chi connectivity index (χ4v) is 0.976. The molecule has 0 saturated heterocycles. The molecule has 0 heterocycles. The molecule has 3 nitrogen and oxygen atoms in total. The van der Waals surface area contributed by atoms with Gasteiger partial charge in [0.15, 0.2) is 17.9 Å². The lowest BCUT2D eigenvalue weighted by atomic mass is 10.1. The molecule has 0 bridgehead atoms. The molecule has 1 aromatic carbocycles. The smallest absolute Gasteiger partial charge is 0.341 e. The van der Waals surface area contributed by atoms with Gasteiger partial charge in [-0.3, -0.25) is 4.79 Å². The second-order valence-electron chi connectivity index (χ2n) is 2.56. The molecule has 0 aromatic heterocycles. The van der Waals surface area contributed by atoms with Gasteiger partial charge in [0.1, 0.15) is 11.4 Å². The number of halogens is 3. The Morgan fingerprint density at radius 1 is 1.33 bits per heavy atom. The summed E-state index contributed by atoms with van der Waals surface area (Å²) in [7, 11) is 0.936. The molecule has 0 fully saturated rings. The molecule has 1 aromatic rings. The second-order valence-corrected chi connectivity index (χ2v) is 2.56. The number of rotatable bonds is 2. The maximum Gasteiger partial charge on any atom is 0.341 e. The molecule has 0 radical (unpaired) electrons. The minimum atomic E-state index is -1.70. The zero-order valence-electron chi connectivity index (χ0n) is 7.51. The molecule has 6 heteroatoms. The first-order valence-electron chi connectivity index (χ1n) is 3.74. The van der Waals surface area contributed by atoms with Gasteiger partial charge in [0.2, 0.25) is 0 Å². The van der Waals surface area contributed by atoms with Crippen molar-refractivity contribution in [2.45, 2.75) is 0 Å². The second kappa shape index (κ2) is 4.12. The summed E-state index contributed by atoms with van der Waals surface area (Å²) in [6, 6.07) is 0.411. The summed E-state index contributed by atoms with van der Waals surface area (Å²) in [5.41, 5.74) is -1.95.